The topological polar surface area (TPSA) is 123 Å². The molecule has 0 aliphatic carbocycles. The highest BCUT2D eigenvalue weighted by molar-refractivity contribution is 5.90. The van der Waals surface area contributed by atoms with Crippen molar-refractivity contribution in [1.82, 2.24) is 44.5 Å². The van der Waals surface area contributed by atoms with Crippen LogP contribution in [0.1, 0.15) is 33.8 Å². The molecule has 0 saturated carbocycles. The highest BCUT2D eigenvalue weighted by Crippen LogP contribution is 2.34. The number of aromatic nitrogens is 8. The first-order valence-corrected chi connectivity index (χ1v) is 9.88. The molecule has 12 heteroatoms. The molecule has 1 aliphatic heterocycles. The molecule has 5 aromatic heterocycles. The first-order valence-electron chi connectivity index (χ1n) is 9.88. The normalized spacial score (nSPS) is 15.9. The quantitative estimate of drug-likeness (QED) is 0.460. The molecule has 6 heterocycles. The Labute approximate surface area is 179 Å². The fourth-order valence-corrected chi connectivity index (χ4v) is 3.98. The van der Waals surface area contributed by atoms with Gasteiger partial charge in [-0.25, -0.2) is 13.9 Å². The lowest BCUT2D eigenvalue weighted by Crippen LogP contribution is -2.41. The van der Waals surface area contributed by atoms with Crippen molar-refractivity contribution in [1.29, 1.82) is 0 Å². The highest BCUT2D eigenvalue weighted by Gasteiger charge is 2.38. The van der Waals surface area contributed by atoms with Gasteiger partial charge in [-0.3, -0.25) is 9.48 Å². The Morgan fingerprint density at radius 3 is 3.00 bits per heavy atom. The van der Waals surface area contributed by atoms with Crippen molar-refractivity contribution in [3.05, 3.63) is 71.8 Å². The van der Waals surface area contributed by atoms with Crippen LogP contribution >= 0.6 is 0 Å². The van der Waals surface area contributed by atoms with Crippen molar-refractivity contribution in [2.24, 2.45) is 7.05 Å². The van der Waals surface area contributed by atoms with Crippen LogP contribution in [0.5, 0.6) is 0 Å². The molecule has 6 rings (SSSR count). The SMILES string of the molecule is Cn1ccc(-c2nnc(C(=O)N3CCc4[nH]cnc4[C@@H]3c3cc4ccc(F)cn4n3)o2)n1. The van der Waals surface area contributed by atoms with E-state index in [1.165, 1.54) is 16.8 Å². The number of carbonyl (C=O) groups is 1. The van der Waals surface area contributed by atoms with E-state index >= 15 is 0 Å². The van der Waals surface area contributed by atoms with Gasteiger partial charge in [-0.15, -0.1) is 10.2 Å². The van der Waals surface area contributed by atoms with Crippen molar-refractivity contribution >= 4 is 11.4 Å². The molecule has 1 aliphatic rings. The van der Waals surface area contributed by atoms with Crippen molar-refractivity contribution < 1.29 is 13.6 Å². The Kier molecular flexibility index (Phi) is 3.93. The van der Waals surface area contributed by atoms with Gasteiger partial charge in [-0.1, -0.05) is 0 Å². The third-order valence-corrected chi connectivity index (χ3v) is 5.45. The second-order valence-electron chi connectivity index (χ2n) is 7.49. The predicted octanol–water partition coefficient (Wildman–Crippen LogP) is 1.77. The number of H-pyrrole nitrogens is 1. The van der Waals surface area contributed by atoms with E-state index in [1.54, 1.807) is 47.4 Å². The fourth-order valence-electron chi connectivity index (χ4n) is 3.98. The maximum atomic E-state index is 13.7. The van der Waals surface area contributed by atoms with Crippen LogP contribution in [0.4, 0.5) is 4.39 Å². The molecule has 5 aromatic rings. The lowest BCUT2D eigenvalue weighted by molar-refractivity contribution is 0.0646. The summed E-state index contributed by atoms with van der Waals surface area (Å²) in [5.74, 6) is -0.839. The van der Waals surface area contributed by atoms with Gasteiger partial charge >= 0.3 is 11.8 Å². The Morgan fingerprint density at radius 1 is 1.25 bits per heavy atom. The van der Waals surface area contributed by atoms with Gasteiger partial charge in [-0.2, -0.15) is 10.2 Å². The van der Waals surface area contributed by atoms with Gasteiger partial charge in [0.15, 0.2) is 0 Å². The number of nitrogens with zero attached hydrogens (tertiary/aromatic N) is 8. The summed E-state index contributed by atoms with van der Waals surface area (Å²) in [4.78, 5) is 22.6. The number of carbonyl (C=O) groups excluding carboxylic acids is 1. The van der Waals surface area contributed by atoms with E-state index in [4.69, 9.17) is 4.42 Å². The van der Waals surface area contributed by atoms with Gasteiger partial charge in [0.2, 0.25) is 0 Å². The minimum absolute atomic E-state index is 0.149. The number of fused-ring (bicyclic) bond motifs is 2. The zero-order valence-electron chi connectivity index (χ0n) is 16.8. The van der Waals surface area contributed by atoms with Gasteiger partial charge in [-0.05, 0) is 24.3 Å². The molecule has 11 nitrogen and oxygen atoms in total. The summed E-state index contributed by atoms with van der Waals surface area (Å²) in [6, 6.07) is 5.93. The van der Waals surface area contributed by atoms with Crippen LogP contribution in [0, 0.1) is 5.82 Å². The van der Waals surface area contributed by atoms with Gasteiger partial charge in [0.1, 0.15) is 17.6 Å². The largest absolute Gasteiger partial charge is 0.411 e. The van der Waals surface area contributed by atoms with Crippen LogP contribution in [-0.4, -0.2) is 56.9 Å². The number of hydrogen-bond donors (Lipinski definition) is 1. The summed E-state index contributed by atoms with van der Waals surface area (Å²) in [7, 11) is 1.77. The van der Waals surface area contributed by atoms with Crippen LogP contribution in [0.25, 0.3) is 17.1 Å². The molecule has 0 fully saturated rings. The van der Waals surface area contributed by atoms with E-state index in [0.717, 1.165) is 5.69 Å². The van der Waals surface area contributed by atoms with Crippen LogP contribution in [-0.2, 0) is 13.5 Å². The van der Waals surface area contributed by atoms with Crippen LogP contribution in [0.15, 0.2) is 47.4 Å². The van der Waals surface area contributed by atoms with E-state index in [-0.39, 0.29) is 11.8 Å². The average molecular weight is 433 g/mol. The molecule has 0 spiro atoms. The van der Waals surface area contributed by atoms with Crippen molar-refractivity contribution in [3.63, 3.8) is 0 Å². The zero-order chi connectivity index (χ0) is 21.8. The van der Waals surface area contributed by atoms with E-state index < -0.39 is 17.8 Å². The number of aryl methyl sites for hydroxylation is 1. The Morgan fingerprint density at radius 2 is 2.16 bits per heavy atom. The van der Waals surface area contributed by atoms with E-state index in [2.05, 4.69) is 30.4 Å². The van der Waals surface area contributed by atoms with Gasteiger partial charge < -0.3 is 14.3 Å². The maximum absolute atomic E-state index is 13.7. The fraction of sp³-hybridized carbons (Fsp3) is 0.200. The van der Waals surface area contributed by atoms with Crippen molar-refractivity contribution in [2.75, 3.05) is 6.54 Å². The second kappa shape index (κ2) is 6.83. The number of amides is 1. The number of nitrogens with one attached hydrogen (secondary N) is 1. The lowest BCUT2D eigenvalue weighted by atomic mass is 9.99. The summed E-state index contributed by atoms with van der Waals surface area (Å²) < 4.78 is 22.4. The monoisotopic (exact) mass is 433 g/mol. The molecule has 1 amide bonds. The molecule has 0 bridgehead atoms. The number of aromatic amines is 1. The average Bonchev–Trinajstić information content (AvgIpc) is 3.57. The zero-order valence-corrected chi connectivity index (χ0v) is 16.8. The standard InChI is InChI=1S/C20H16FN9O2/c1-28-6-4-14(26-28)18-24-25-19(32-18)20(31)29-7-5-13-16(23-10-22-13)17(29)15-8-12-3-2-11(21)9-30(12)27-15/h2-4,6,8-10,17H,5,7H2,1H3,(H,22,23)/t17-/m0/s1. The first kappa shape index (κ1) is 18.4. The summed E-state index contributed by atoms with van der Waals surface area (Å²) in [5, 5.41) is 16.6. The van der Waals surface area contributed by atoms with Gasteiger partial charge in [0.05, 0.1) is 29.4 Å². The first-order chi connectivity index (χ1) is 15.6. The van der Waals surface area contributed by atoms with Crippen molar-refractivity contribution in [3.8, 4) is 11.6 Å². The summed E-state index contributed by atoms with van der Waals surface area (Å²) in [6.45, 7) is 0.391. The Hall–Kier alpha value is -4.35. The molecular formula is C20H16FN9O2. The number of rotatable bonds is 3. The minimum atomic E-state index is -0.592. The highest BCUT2D eigenvalue weighted by atomic mass is 19.1. The number of imidazole rings is 1. The maximum Gasteiger partial charge on any atom is 0.312 e. The smallest absolute Gasteiger partial charge is 0.312 e. The minimum Gasteiger partial charge on any atom is -0.411 e. The lowest BCUT2D eigenvalue weighted by Gasteiger charge is -2.32. The van der Waals surface area contributed by atoms with Crippen LogP contribution < -0.4 is 0 Å². The van der Waals surface area contributed by atoms with E-state index in [0.29, 0.717) is 35.6 Å². The molecule has 32 heavy (non-hydrogen) atoms. The van der Waals surface area contributed by atoms with Gasteiger partial charge in [0.25, 0.3) is 5.89 Å². The second-order valence-corrected chi connectivity index (χ2v) is 7.49. The van der Waals surface area contributed by atoms with Crippen LogP contribution in [0.2, 0.25) is 0 Å². The predicted molar refractivity (Wildman–Crippen MR) is 107 cm³/mol. The van der Waals surface area contributed by atoms with Gasteiger partial charge in [0, 0.05) is 31.9 Å². The van der Waals surface area contributed by atoms with E-state index in [1.807, 2.05) is 0 Å². The number of pyridine rings is 1. The Balaban J connectivity index is 1.40. The van der Waals surface area contributed by atoms with Crippen molar-refractivity contribution in [2.45, 2.75) is 12.5 Å². The molecule has 0 unspecified atom stereocenters. The molecule has 0 saturated heterocycles. The molecule has 0 radical (unpaired) electrons. The molecule has 1 N–H and O–H groups in total. The number of halogens is 1. The molecule has 0 aromatic carbocycles. The molecule has 1 atom stereocenters. The number of hydrogen-bond acceptors (Lipinski definition) is 7. The molecule has 160 valence electrons. The van der Waals surface area contributed by atoms with Crippen LogP contribution in [0.3, 0.4) is 0 Å². The molecular weight excluding hydrogens is 417 g/mol. The third-order valence-electron chi connectivity index (χ3n) is 5.45. The summed E-state index contributed by atoms with van der Waals surface area (Å²) >= 11 is 0. The van der Waals surface area contributed by atoms with E-state index in [9.17, 15) is 9.18 Å². The summed E-state index contributed by atoms with van der Waals surface area (Å²) in [6.07, 6.45) is 5.21. The summed E-state index contributed by atoms with van der Waals surface area (Å²) in [5.41, 5.74) is 3.33. The Bertz CT molecular complexity index is 1460. The third kappa shape index (κ3) is 2.87.